The predicted octanol–water partition coefficient (Wildman–Crippen LogP) is 2.72. The Morgan fingerprint density at radius 3 is 2.39 bits per heavy atom. The summed E-state index contributed by atoms with van der Waals surface area (Å²) in [6.45, 7) is 6.68. The van der Waals surface area contributed by atoms with E-state index in [4.69, 9.17) is 0 Å². The van der Waals surface area contributed by atoms with Crippen molar-refractivity contribution < 1.29 is 9.59 Å². The van der Waals surface area contributed by atoms with E-state index in [9.17, 15) is 9.59 Å². The lowest BCUT2D eigenvalue weighted by atomic mass is 9.90. The van der Waals surface area contributed by atoms with Gasteiger partial charge >= 0.3 is 6.03 Å². The molecule has 1 aliphatic carbocycles. The van der Waals surface area contributed by atoms with Crippen LogP contribution in [0.2, 0.25) is 0 Å². The molecule has 3 amide bonds. The van der Waals surface area contributed by atoms with E-state index in [1.54, 1.807) is 0 Å². The molecule has 0 saturated carbocycles. The number of carbonyl (C=O) groups excluding carboxylic acids is 2. The molecule has 6 heteroatoms. The SMILES string of the molecule is C[C@]1(c2ccc3c(c2)CCC3)NC(=O)N(CN2CCN(Cc3ccccc3)CC2)C1=O. The third kappa shape index (κ3) is 3.86. The van der Waals surface area contributed by atoms with Crippen LogP contribution in [0.1, 0.15) is 35.6 Å². The third-order valence-corrected chi connectivity index (χ3v) is 7.01. The molecule has 3 aliphatic rings. The van der Waals surface area contributed by atoms with Crippen molar-refractivity contribution in [2.24, 2.45) is 0 Å². The highest BCUT2D eigenvalue weighted by atomic mass is 16.2. The number of urea groups is 1. The molecule has 31 heavy (non-hydrogen) atoms. The molecule has 0 radical (unpaired) electrons. The Bertz CT molecular complexity index is 984. The number of aryl methyl sites for hydroxylation is 2. The zero-order valence-corrected chi connectivity index (χ0v) is 18.1. The summed E-state index contributed by atoms with van der Waals surface area (Å²) >= 11 is 0. The van der Waals surface area contributed by atoms with Gasteiger partial charge in [-0.2, -0.15) is 0 Å². The quantitative estimate of drug-likeness (QED) is 0.759. The van der Waals surface area contributed by atoms with Crippen LogP contribution in [0.4, 0.5) is 4.79 Å². The second-order valence-corrected chi connectivity index (χ2v) is 9.15. The number of amides is 3. The van der Waals surface area contributed by atoms with Gasteiger partial charge in [-0.25, -0.2) is 9.69 Å². The number of fused-ring (bicyclic) bond motifs is 1. The Balaban J connectivity index is 1.22. The maximum absolute atomic E-state index is 13.3. The Hall–Kier alpha value is -2.70. The van der Waals surface area contributed by atoms with E-state index in [-0.39, 0.29) is 11.9 Å². The van der Waals surface area contributed by atoms with Crippen LogP contribution in [0.5, 0.6) is 0 Å². The number of nitrogens with zero attached hydrogens (tertiary/aromatic N) is 3. The zero-order valence-electron chi connectivity index (χ0n) is 18.1. The first kappa shape index (κ1) is 20.2. The van der Waals surface area contributed by atoms with Crippen molar-refractivity contribution in [3.63, 3.8) is 0 Å². The number of benzene rings is 2. The van der Waals surface area contributed by atoms with Crippen LogP contribution in [-0.4, -0.2) is 59.5 Å². The highest BCUT2D eigenvalue weighted by molar-refractivity contribution is 6.07. The maximum Gasteiger partial charge on any atom is 0.326 e. The van der Waals surface area contributed by atoms with Gasteiger partial charge in [-0.15, -0.1) is 0 Å². The van der Waals surface area contributed by atoms with E-state index < -0.39 is 5.54 Å². The molecule has 1 N–H and O–H groups in total. The molecule has 0 aromatic heterocycles. The fourth-order valence-electron chi connectivity index (χ4n) is 5.03. The fourth-order valence-corrected chi connectivity index (χ4v) is 5.03. The maximum atomic E-state index is 13.3. The lowest BCUT2D eigenvalue weighted by Gasteiger charge is -2.36. The van der Waals surface area contributed by atoms with Crippen molar-refractivity contribution in [1.82, 2.24) is 20.0 Å². The Kier molecular flexibility index (Phi) is 5.28. The van der Waals surface area contributed by atoms with E-state index >= 15 is 0 Å². The summed E-state index contributed by atoms with van der Waals surface area (Å²) in [6.07, 6.45) is 3.32. The minimum atomic E-state index is -0.982. The topological polar surface area (TPSA) is 55.9 Å². The van der Waals surface area contributed by atoms with Crippen molar-refractivity contribution in [3.05, 3.63) is 70.8 Å². The highest BCUT2D eigenvalue weighted by Crippen LogP contribution is 2.32. The Morgan fingerprint density at radius 2 is 1.61 bits per heavy atom. The van der Waals surface area contributed by atoms with E-state index in [0.29, 0.717) is 6.67 Å². The number of rotatable bonds is 5. The molecule has 0 unspecified atom stereocenters. The highest BCUT2D eigenvalue weighted by Gasteiger charge is 2.49. The predicted molar refractivity (Wildman–Crippen MR) is 119 cm³/mol. The molecule has 5 rings (SSSR count). The van der Waals surface area contributed by atoms with Crippen LogP contribution >= 0.6 is 0 Å². The van der Waals surface area contributed by atoms with Crippen LogP contribution < -0.4 is 5.32 Å². The molecular weight excluding hydrogens is 388 g/mol. The molecule has 2 heterocycles. The monoisotopic (exact) mass is 418 g/mol. The van der Waals surface area contributed by atoms with Gasteiger partial charge in [0.1, 0.15) is 5.54 Å². The fraction of sp³-hybridized carbons (Fsp3) is 0.440. The summed E-state index contributed by atoms with van der Waals surface area (Å²) in [7, 11) is 0. The molecule has 2 aliphatic heterocycles. The standard InChI is InChI=1S/C25H30N4O2/c1-25(22-11-10-20-8-5-9-21(20)16-22)23(30)29(24(31)26-25)18-28-14-12-27(13-15-28)17-19-6-3-2-4-7-19/h2-4,6-7,10-11,16H,5,8-9,12-15,17-18H2,1H3,(H,26,31)/t25-/m1/s1. The summed E-state index contributed by atoms with van der Waals surface area (Å²) in [5, 5.41) is 2.97. The Labute approximate surface area is 183 Å². The van der Waals surface area contributed by atoms with Crippen LogP contribution in [0, 0.1) is 0 Å². The number of hydrogen-bond donors (Lipinski definition) is 1. The number of nitrogens with one attached hydrogen (secondary N) is 1. The van der Waals surface area contributed by atoms with Crippen LogP contribution in [0.15, 0.2) is 48.5 Å². The molecule has 1 atom stereocenters. The first-order chi connectivity index (χ1) is 15.0. The first-order valence-electron chi connectivity index (χ1n) is 11.3. The van der Waals surface area contributed by atoms with Gasteiger partial charge in [0.05, 0.1) is 6.67 Å². The van der Waals surface area contributed by atoms with Crippen LogP contribution in [-0.2, 0) is 29.7 Å². The van der Waals surface area contributed by atoms with Gasteiger partial charge in [0, 0.05) is 32.7 Å². The zero-order chi connectivity index (χ0) is 21.4. The molecule has 6 nitrogen and oxygen atoms in total. The molecule has 2 aromatic carbocycles. The average Bonchev–Trinajstić information content (AvgIpc) is 3.34. The summed E-state index contributed by atoms with van der Waals surface area (Å²) < 4.78 is 0. The average molecular weight is 419 g/mol. The lowest BCUT2D eigenvalue weighted by Crippen LogP contribution is -2.51. The van der Waals surface area contributed by atoms with Crippen molar-refractivity contribution in [2.45, 2.75) is 38.3 Å². The van der Waals surface area contributed by atoms with Gasteiger partial charge in [0.15, 0.2) is 0 Å². The third-order valence-electron chi connectivity index (χ3n) is 7.01. The van der Waals surface area contributed by atoms with Gasteiger partial charge in [0.25, 0.3) is 5.91 Å². The van der Waals surface area contributed by atoms with Crippen LogP contribution in [0.25, 0.3) is 0 Å². The Morgan fingerprint density at radius 1 is 0.903 bits per heavy atom. The molecule has 2 aromatic rings. The smallest absolute Gasteiger partial charge is 0.319 e. The molecule has 0 bridgehead atoms. The van der Waals surface area contributed by atoms with Crippen molar-refractivity contribution in [3.8, 4) is 0 Å². The number of carbonyl (C=O) groups is 2. The van der Waals surface area contributed by atoms with E-state index in [0.717, 1.165) is 57.5 Å². The van der Waals surface area contributed by atoms with Gasteiger partial charge in [-0.3, -0.25) is 14.6 Å². The van der Waals surface area contributed by atoms with Gasteiger partial charge in [-0.1, -0.05) is 48.5 Å². The molecule has 2 fully saturated rings. The molecule has 2 saturated heterocycles. The molecule has 162 valence electrons. The molecular formula is C25H30N4O2. The van der Waals surface area contributed by atoms with Crippen molar-refractivity contribution in [2.75, 3.05) is 32.8 Å². The summed E-state index contributed by atoms with van der Waals surface area (Å²) in [5.74, 6) is -0.151. The number of hydrogen-bond acceptors (Lipinski definition) is 4. The first-order valence-corrected chi connectivity index (χ1v) is 11.3. The second kappa shape index (κ2) is 8.09. The van der Waals surface area contributed by atoms with Gasteiger partial charge in [-0.05, 0) is 48.4 Å². The lowest BCUT2D eigenvalue weighted by molar-refractivity contribution is -0.132. The molecule has 0 spiro atoms. The van der Waals surface area contributed by atoms with E-state index in [1.165, 1.54) is 21.6 Å². The normalized spacial score (nSPS) is 24.5. The summed E-state index contributed by atoms with van der Waals surface area (Å²) in [6, 6.07) is 16.4. The summed E-state index contributed by atoms with van der Waals surface area (Å²) in [5.41, 5.74) is 3.91. The number of piperazine rings is 1. The van der Waals surface area contributed by atoms with E-state index in [1.807, 2.05) is 19.1 Å². The summed E-state index contributed by atoms with van der Waals surface area (Å²) in [4.78, 5) is 32.1. The van der Waals surface area contributed by atoms with Crippen LogP contribution in [0.3, 0.4) is 0 Å². The minimum absolute atomic E-state index is 0.151. The van der Waals surface area contributed by atoms with Gasteiger partial charge < -0.3 is 5.32 Å². The second-order valence-electron chi connectivity index (χ2n) is 9.15. The minimum Gasteiger partial charge on any atom is -0.319 e. The largest absolute Gasteiger partial charge is 0.326 e. The number of imide groups is 1. The van der Waals surface area contributed by atoms with Gasteiger partial charge in [0.2, 0.25) is 0 Å². The van der Waals surface area contributed by atoms with E-state index in [2.05, 4.69) is 51.5 Å². The van der Waals surface area contributed by atoms with Crippen molar-refractivity contribution in [1.29, 1.82) is 0 Å². The van der Waals surface area contributed by atoms with Crippen molar-refractivity contribution >= 4 is 11.9 Å².